The molecule has 0 aliphatic heterocycles. The van der Waals surface area contributed by atoms with Gasteiger partial charge in [0.05, 0.1) is 5.56 Å². The number of nitrogens with zero attached hydrogens (tertiary/aromatic N) is 3. The zero-order chi connectivity index (χ0) is 13.0. The highest BCUT2D eigenvalue weighted by Gasteiger charge is 2.04. The van der Waals surface area contributed by atoms with Crippen LogP contribution in [0.4, 0.5) is 4.39 Å². The summed E-state index contributed by atoms with van der Waals surface area (Å²) >= 11 is 1.46. The molecule has 0 unspecified atom stereocenters. The lowest BCUT2D eigenvalue weighted by Crippen LogP contribution is -1.91. The number of benzene rings is 1. The molecule has 0 amide bonds. The van der Waals surface area contributed by atoms with Gasteiger partial charge in [0, 0.05) is 17.6 Å². The van der Waals surface area contributed by atoms with Crippen molar-refractivity contribution in [1.29, 1.82) is 5.26 Å². The molecule has 0 saturated carbocycles. The van der Waals surface area contributed by atoms with Crippen LogP contribution in [0, 0.1) is 24.1 Å². The first-order valence-corrected chi connectivity index (χ1v) is 6.28. The molecule has 0 aliphatic carbocycles. The Morgan fingerprint density at radius 3 is 2.94 bits per heavy atom. The Morgan fingerprint density at radius 2 is 2.22 bits per heavy atom. The summed E-state index contributed by atoms with van der Waals surface area (Å²) in [6, 6.07) is 8.19. The summed E-state index contributed by atoms with van der Waals surface area (Å²) in [5.74, 6) is 0.122. The Hall–Kier alpha value is -1.93. The first-order chi connectivity index (χ1) is 8.69. The minimum Gasteiger partial charge on any atom is -0.231 e. The van der Waals surface area contributed by atoms with Crippen LogP contribution in [0.25, 0.3) is 0 Å². The predicted molar refractivity (Wildman–Crippen MR) is 67.4 cm³/mol. The van der Waals surface area contributed by atoms with Gasteiger partial charge in [-0.05, 0) is 30.7 Å². The third-order valence-corrected chi connectivity index (χ3v) is 3.22. The molecule has 0 aliphatic rings. The number of aryl methyl sites for hydroxylation is 1. The molecule has 90 valence electrons. The van der Waals surface area contributed by atoms with Crippen LogP contribution in [0.5, 0.6) is 0 Å². The van der Waals surface area contributed by atoms with E-state index in [9.17, 15) is 4.39 Å². The van der Waals surface area contributed by atoms with Crippen molar-refractivity contribution in [3.05, 3.63) is 53.1 Å². The van der Waals surface area contributed by atoms with E-state index in [1.165, 1.54) is 17.8 Å². The fourth-order valence-electron chi connectivity index (χ4n) is 1.39. The predicted octanol–water partition coefficient (Wildman–Crippen LogP) is 3.09. The van der Waals surface area contributed by atoms with Crippen LogP contribution < -0.4 is 0 Å². The van der Waals surface area contributed by atoms with E-state index in [0.29, 0.717) is 10.9 Å². The molecule has 18 heavy (non-hydrogen) atoms. The molecule has 0 N–H and O–H groups in total. The largest absolute Gasteiger partial charge is 0.231 e. The number of thioether (sulfide) groups is 1. The minimum absolute atomic E-state index is 0.0678. The van der Waals surface area contributed by atoms with Crippen LogP contribution in [0.2, 0.25) is 0 Å². The Bertz CT molecular complexity index is 607. The van der Waals surface area contributed by atoms with Crippen molar-refractivity contribution in [3.63, 3.8) is 0 Å². The third-order valence-electron chi connectivity index (χ3n) is 2.29. The standard InChI is InChI=1S/C13H10FN3S/c1-9-4-5-16-13(17-9)18-8-10-2-3-12(14)11(6-10)7-15/h2-6H,8H2,1H3. The van der Waals surface area contributed by atoms with Gasteiger partial charge in [-0.3, -0.25) is 0 Å². The fraction of sp³-hybridized carbons (Fsp3) is 0.154. The second-order valence-electron chi connectivity index (χ2n) is 3.70. The van der Waals surface area contributed by atoms with Gasteiger partial charge < -0.3 is 0 Å². The maximum atomic E-state index is 13.1. The topological polar surface area (TPSA) is 49.6 Å². The van der Waals surface area contributed by atoms with Crippen LogP contribution in [-0.4, -0.2) is 9.97 Å². The van der Waals surface area contributed by atoms with Crippen molar-refractivity contribution in [2.75, 3.05) is 0 Å². The zero-order valence-corrected chi connectivity index (χ0v) is 10.5. The highest BCUT2D eigenvalue weighted by molar-refractivity contribution is 7.98. The van der Waals surface area contributed by atoms with E-state index in [1.807, 2.05) is 19.1 Å². The minimum atomic E-state index is -0.488. The van der Waals surface area contributed by atoms with Gasteiger partial charge in [0.1, 0.15) is 11.9 Å². The van der Waals surface area contributed by atoms with E-state index in [2.05, 4.69) is 9.97 Å². The Kier molecular flexibility index (Phi) is 3.90. The molecule has 1 aromatic heterocycles. The number of nitriles is 1. The molecule has 0 fully saturated rings. The average Bonchev–Trinajstić information content (AvgIpc) is 2.38. The zero-order valence-electron chi connectivity index (χ0n) is 9.72. The number of rotatable bonds is 3. The highest BCUT2D eigenvalue weighted by Crippen LogP contribution is 2.20. The molecular formula is C13H10FN3S. The molecule has 0 atom stereocenters. The van der Waals surface area contributed by atoms with Gasteiger partial charge in [-0.25, -0.2) is 14.4 Å². The van der Waals surface area contributed by atoms with E-state index >= 15 is 0 Å². The Labute approximate surface area is 109 Å². The monoisotopic (exact) mass is 259 g/mol. The van der Waals surface area contributed by atoms with Crippen molar-refractivity contribution >= 4 is 11.8 Å². The summed E-state index contributed by atoms with van der Waals surface area (Å²) < 4.78 is 13.1. The average molecular weight is 259 g/mol. The first-order valence-electron chi connectivity index (χ1n) is 5.30. The summed E-state index contributed by atoms with van der Waals surface area (Å²) in [7, 11) is 0. The molecule has 5 heteroatoms. The van der Waals surface area contributed by atoms with Crippen molar-refractivity contribution in [2.45, 2.75) is 17.8 Å². The van der Waals surface area contributed by atoms with Crippen molar-refractivity contribution in [1.82, 2.24) is 9.97 Å². The smallest absolute Gasteiger partial charge is 0.188 e. The SMILES string of the molecule is Cc1ccnc(SCc2ccc(F)c(C#N)c2)n1. The summed E-state index contributed by atoms with van der Waals surface area (Å²) in [4.78, 5) is 8.39. The number of halogens is 1. The van der Waals surface area contributed by atoms with Crippen molar-refractivity contribution in [3.8, 4) is 6.07 Å². The number of hydrogen-bond donors (Lipinski definition) is 0. The van der Waals surface area contributed by atoms with Gasteiger partial charge in [0.15, 0.2) is 5.16 Å². The lowest BCUT2D eigenvalue weighted by molar-refractivity contribution is 0.623. The third kappa shape index (κ3) is 3.05. The number of aromatic nitrogens is 2. The van der Waals surface area contributed by atoms with Crippen LogP contribution in [0.1, 0.15) is 16.8 Å². The molecule has 3 nitrogen and oxygen atoms in total. The van der Waals surface area contributed by atoms with Crippen LogP contribution in [-0.2, 0) is 5.75 Å². The van der Waals surface area contributed by atoms with Gasteiger partial charge in [0.2, 0.25) is 0 Å². The summed E-state index contributed by atoms with van der Waals surface area (Å²) in [5.41, 5.74) is 1.85. The Balaban J connectivity index is 2.09. The molecule has 0 spiro atoms. The van der Waals surface area contributed by atoms with Crippen molar-refractivity contribution in [2.24, 2.45) is 0 Å². The molecular weight excluding hydrogens is 249 g/mol. The second-order valence-corrected chi connectivity index (χ2v) is 4.64. The maximum absolute atomic E-state index is 13.1. The Morgan fingerprint density at radius 1 is 1.39 bits per heavy atom. The van der Waals surface area contributed by atoms with Crippen LogP contribution >= 0.6 is 11.8 Å². The quantitative estimate of drug-likeness (QED) is 0.628. The molecule has 0 bridgehead atoms. The van der Waals surface area contributed by atoms with Crippen LogP contribution in [0.15, 0.2) is 35.6 Å². The molecule has 0 radical (unpaired) electrons. The molecule has 0 saturated heterocycles. The maximum Gasteiger partial charge on any atom is 0.188 e. The van der Waals surface area contributed by atoms with E-state index < -0.39 is 5.82 Å². The number of hydrogen-bond acceptors (Lipinski definition) is 4. The molecule has 2 aromatic rings. The molecule has 2 rings (SSSR count). The van der Waals surface area contributed by atoms with Gasteiger partial charge in [-0.2, -0.15) is 5.26 Å². The normalized spacial score (nSPS) is 10.1. The van der Waals surface area contributed by atoms with E-state index in [0.717, 1.165) is 11.3 Å². The van der Waals surface area contributed by atoms with E-state index in [1.54, 1.807) is 18.3 Å². The van der Waals surface area contributed by atoms with E-state index in [-0.39, 0.29) is 5.56 Å². The lowest BCUT2D eigenvalue weighted by atomic mass is 10.1. The van der Waals surface area contributed by atoms with Crippen molar-refractivity contribution < 1.29 is 4.39 Å². The summed E-state index contributed by atoms with van der Waals surface area (Å²) in [6.45, 7) is 1.90. The second kappa shape index (κ2) is 5.61. The van der Waals surface area contributed by atoms with Gasteiger partial charge in [-0.1, -0.05) is 17.8 Å². The lowest BCUT2D eigenvalue weighted by Gasteiger charge is -2.02. The van der Waals surface area contributed by atoms with Crippen LogP contribution in [0.3, 0.4) is 0 Å². The van der Waals surface area contributed by atoms with Gasteiger partial charge in [-0.15, -0.1) is 0 Å². The van der Waals surface area contributed by atoms with E-state index in [4.69, 9.17) is 5.26 Å². The molecule has 1 heterocycles. The fourth-order valence-corrected chi connectivity index (χ4v) is 2.21. The summed E-state index contributed by atoms with van der Waals surface area (Å²) in [5, 5.41) is 9.42. The van der Waals surface area contributed by atoms with Gasteiger partial charge in [0.25, 0.3) is 0 Å². The highest BCUT2D eigenvalue weighted by atomic mass is 32.2. The van der Waals surface area contributed by atoms with Gasteiger partial charge >= 0.3 is 0 Å². The summed E-state index contributed by atoms with van der Waals surface area (Å²) in [6.07, 6.45) is 1.70. The molecule has 1 aromatic carbocycles. The first kappa shape index (κ1) is 12.5.